The smallest absolute Gasteiger partial charge is 0.227 e. The first-order valence-corrected chi connectivity index (χ1v) is 11.4. The Morgan fingerprint density at radius 2 is 1.85 bits per heavy atom. The van der Waals surface area contributed by atoms with Crippen LogP contribution in [0, 0.1) is 34.5 Å². The quantitative estimate of drug-likeness (QED) is 0.700. The fraction of sp³-hybridized carbons (Fsp3) is 0.833. The van der Waals surface area contributed by atoms with Gasteiger partial charge in [0.1, 0.15) is 0 Å². The van der Waals surface area contributed by atoms with E-state index in [0.29, 0.717) is 17.8 Å². The highest BCUT2D eigenvalue weighted by Gasteiger charge is 2.60. The minimum atomic E-state index is -0.150. The summed E-state index contributed by atoms with van der Waals surface area (Å²) in [5, 5.41) is 0. The van der Waals surface area contributed by atoms with Gasteiger partial charge in [-0.05, 0) is 81.6 Å². The fourth-order valence-electron chi connectivity index (χ4n) is 7.73. The van der Waals surface area contributed by atoms with Crippen molar-refractivity contribution >= 4 is 11.7 Å². The van der Waals surface area contributed by atoms with Crippen molar-refractivity contribution in [2.24, 2.45) is 34.5 Å². The lowest BCUT2D eigenvalue weighted by molar-refractivity contribution is -0.148. The van der Waals surface area contributed by atoms with E-state index in [9.17, 15) is 9.59 Å². The van der Waals surface area contributed by atoms with Gasteiger partial charge in [0.25, 0.3) is 0 Å². The van der Waals surface area contributed by atoms with E-state index < -0.39 is 0 Å². The Kier molecular flexibility index (Phi) is 4.79. The largest absolute Gasteiger partial charge is 0.343 e. The average molecular weight is 372 g/mol. The molecule has 3 saturated carbocycles. The molecular formula is C24H37NO2. The summed E-state index contributed by atoms with van der Waals surface area (Å²) in [4.78, 5) is 28.0. The lowest BCUT2D eigenvalue weighted by Gasteiger charge is -2.59. The number of hydrogen-bond acceptors (Lipinski definition) is 2. The van der Waals surface area contributed by atoms with Crippen LogP contribution in [-0.2, 0) is 9.59 Å². The first kappa shape index (κ1) is 19.2. The highest BCUT2D eigenvalue weighted by Crippen LogP contribution is 2.66. The number of rotatable bonds is 3. The highest BCUT2D eigenvalue weighted by atomic mass is 16.2. The van der Waals surface area contributed by atoms with Crippen molar-refractivity contribution in [1.82, 2.24) is 4.90 Å². The summed E-state index contributed by atoms with van der Waals surface area (Å²) >= 11 is 0. The summed E-state index contributed by atoms with van der Waals surface area (Å²) in [5.74, 6) is 2.40. The van der Waals surface area contributed by atoms with E-state index in [0.717, 1.165) is 31.3 Å². The molecule has 1 unspecified atom stereocenters. The third-order valence-electron chi connectivity index (χ3n) is 9.27. The Morgan fingerprint density at radius 1 is 1.11 bits per heavy atom. The van der Waals surface area contributed by atoms with Crippen LogP contribution in [0.5, 0.6) is 0 Å². The van der Waals surface area contributed by atoms with Gasteiger partial charge in [0, 0.05) is 24.9 Å². The van der Waals surface area contributed by atoms with E-state index in [1.165, 1.54) is 44.1 Å². The fourth-order valence-corrected chi connectivity index (χ4v) is 7.73. The molecule has 4 aliphatic carbocycles. The van der Waals surface area contributed by atoms with Gasteiger partial charge in [-0.3, -0.25) is 9.59 Å². The Balaban J connectivity index is 1.73. The second-order valence-electron chi connectivity index (χ2n) is 10.2. The molecule has 1 amide bonds. The third-order valence-corrected chi connectivity index (χ3v) is 9.27. The molecule has 0 aromatic heterocycles. The summed E-state index contributed by atoms with van der Waals surface area (Å²) in [6.45, 7) is 10.5. The van der Waals surface area contributed by atoms with Crippen LogP contribution in [0.3, 0.4) is 0 Å². The number of carbonyl (C=O) groups is 2. The third kappa shape index (κ3) is 2.75. The molecule has 0 radical (unpaired) electrons. The SMILES string of the molecule is CCN(CC)C(=O)C1CC(=O)C=C2CC[C@H]3[C@@H]4CCC[C@@]4(C)CC[C@@H]3[C@]21C. The van der Waals surface area contributed by atoms with Crippen LogP contribution in [0.1, 0.15) is 79.1 Å². The molecule has 0 spiro atoms. The molecule has 0 heterocycles. The van der Waals surface area contributed by atoms with Gasteiger partial charge in [0.05, 0.1) is 5.92 Å². The van der Waals surface area contributed by atoms with E-state index >= 15 is 0 Å². The topological polar surface area (TPSA) is 37.4 Å². The Morgan fingerprint density at radius 3 is 2.56 bits per heavy atom. The Labute approximate surface area is 165 Å². The molecule has 0 aromatic carbocycles. The average Bonchev–Trinajstić information content (AvgIpc) is 3.04. The number of fused-ring (bicyclic) bond motifs is 5. The van der Waals surface area contributed by atoms with Gasteiger partial charge in [-0.1, -0.05) is 25.8 Å². The predicted molar refractivity (Wildman–Crippen MR) is 108 cm³/mol. The van der Waals surface area contributed by atoms with E-state index in [2.05, 4.69) is 27.7 Å². The zero-order chi connectivity index (χ0) is 19.4. The summed E-state index contributed by atoms with van der Waals surface area (Å²) in [6.07, 6.45) is 11.3. The van der Waals surface area contributed by atoms with Gasteiger partial charge in [0.15, 0.2) is 5.78 Å². The van der Waals surface area contributed by atoms with Crippen LogP contribution in [0.2, 0.25) is 0 Å². The van der Waals surface area contributed by atoms with Crippen molar-refractivity contribution < 1.29 is 9.59 Å². The lowest BCUT2D eigenvalue weighted by atomic mass is 9.45. The van der Waals surface area contributed by atoms with Crippen LogP contribution in [0.4, 0.5) is 0 Å². The van der Waals surface area contributed by atoms with Crippen molar-refractivity contribution in [3.05, 3.63) is 11.6 Å². The molecule has 27 heavy (non-hydrogen) atoms. The number of hydrogen-bond donors (Lipinski definition) is 0. The summed E-state index contributed by atoms with van der Waals surface area (Å²) in [6, 6.07) is 0. The first-order chi connectivity index (χ1) is 12.8. The zero-order valence-electron chi connectivity index (χ0n) is 17.7. The number of ketones is 1. The van der Waals surface area contributed by atoms with Crippen LogP contribution >= 0.6 is 0 Å². The molecule has 0 aliphatic heterocycles. The van der Waals surface area contributed by atoms with Crippen molar-refractivity contribution in [1.29, 1.82) is 0 Å². The van der Waals surface area contributed by atoms with Crippen molar-refractivity contribution in [3.8, 4) is 0 Å². The van der Waals surface area contributed by atoms with Gasteiger partial charge in [-0.15, -0.1) is 0 Å². The molecule has 3 heteroatoms. The number of amides is 1. The zero-order valence-corrected chi connectivity index (χ0v) is 17.7. The maximum Gasteiger partial charge on any atom is 0.227 e. The standard InChI is InChI=1S/C24H37NO2/c1-5-25(6-2)22(27)21-15-17(26)14-16-9-10-18-19-8-7-12-23(19,3)13-11-20(18)24(16,21)4/h14,18-21H,5-13,15H2,1-4H3/t18-,19-,20-,21?,23-,24-/m0/s1. The normalized spacial score (nSPS) is 43.4. The minimum Gasteiger partial charge on any atom is -0.343 e. The molecule has 4 rings (SSSR count). The van der Waals surface area contributed by atoms with E-state index in [1.807, 2.05) is 11.0 Å². The molecule has 6 atom stereocenters. The van der Waals surface area contributed by atoms with Crippen LogP contribution in [0.15, 0.2) is 11.6 Å². The predicted octanol–water partition coefficient (Wildman–Crippen LogP) is 5.00. The Hall–Kier alpha value is -1.12. The van der Waals surface area contributed by atoms with Crippen LogP contribution < -0.4 is 0 Å². The van der Waals surface area contributed by atoms with Gasteiger partial charge >= 0.3 is 0 Å². The van der Waals surface area contributed by atoms with Gasteiger partial charge < -0.3 is 4.90 Å². The molecule has 0 N–H and O–H groups in total. The monoisotopic (exact) mass is 371 g/mol. The minimum absolute atomic E-state index is 0.111. The van der Waals surface area contributed by atoms with Gasteiger partial charge in [0.2, 0.25) is 5.91 Å². The van der Waals surface area contributed by atoms with E-state index in [-0.39, 0.29) is 23.0 Å². The molecule has 0 bridgehead atoms. The molecular weight excluding hydrogens is 334 g/mol. The second-order valence-corrected chi connectivity index (χ2v) is 10.2. The number of carbonyl (C=O) groups excluding carboxylic acids is 2. The molecule has 0 aromatic rings. The maximum absolute atomic E-state index is 13.5. The molecule has 3 fully saturated rings. The highest BCUT2D eigenvalue weighted by molar-refractivity contribution is 5.96. The van der Waals surface area contributed by atoms with E-state index in [1.54, 1.807) is 0 Å². The van der Waals surface area contributed by atoms with Gasteiger partial charge in [-0.25, -0.2) is 0 Å². The molecule has 4 aliphatic rings. The summed E-state index contributed by atoms with van der Waals surface area (Å²) in [7, 11) is 0. The number of allylic oxidation sites excluding steroid dienone is 1. The first-order valence-electron chi connectivity index (χ1n) is 11.4. The van der Waals surface area contributed by atoms with Crippen molar-refractivity contribution in [3.63, 3.8) is 0 Å². The van der Waals surface area contributed by atoms with Crippen LogP contribution in [0.25, 0.3) is 0 Å². The van der Waals surface area contributed by atoms with Crippen molar-refractivity contribution in [2.75, 3.05) is 13.1 Å². The Bertz CT molecular complexity index is 663. The second kappa shape index (κ2) is 6.74. The number of nitrogens with zero attached hydrogens (tertiary/aromatic N) is 1. The summed E-state index contributed by atoms with van der Waals surface area (Å²) in [5.41, 5.74) is 1.72. The van der Waals surface area contributed by atoms with Gasteiger partial charge in [-0.2, -0.15) is 0 Å². The summed E-state index contributed by atoms with van der Waals surface area (Å²) < 4.78 is 0. The molecule has 150 valence electrons. The lowest BCUT2D eigenvalue weighted by Crippen LogP contribution is -2.56. The molecule has 0 saturated heterocycles. The van der Waals surface area contributed by atoms with Crippen LogP contribution in [-0.4, -0.2) is 29.7 Å². The van der Waals surface area contributed by atoms with Crippen molar-refractivity contribution in [2.45, 2.75) is 79.1 Å². The van der Waals surface area contributed by atoms with E-state index in [4.69, 9.17) is 0 Å². The molecule has 3 nitrogen and oxygen atoms in total. The maximum atomic E-state index is 13.5.